The molecule has 1 fully saturated rings. The van der Waals surface area contributed by atoms with Crippen LogP contribution in [-0.4, -0.2) is 11.9 Å². The quantitative estimate of drug-likeness (QED) is 0.730. The minimum Gasteiger partial charge on any atom is -0.366 e. The van der Waals surface area contributed by atoms with Gasteiger partial charge in [0.05, 0.1) is 6.61 Å². The molecule has 0 N–H and O–H groups in total. The van der Waals surface area contributed by atoms with E-state index in [2.05, 4.69) is 13.0 Å². The van der Waals surface area contributed by atoms with Crippen LogP contribution in [0.2, 0.25) is 0 Å². The van der Waals surface area contributed by atoms with Crippen LogP contribution in [-0.2, 0) is 16.1 Å². The van der Waals surface area contributed by atoms with Gasteiger partial charge in [0.25, 0.3) is 0 Å². The van der Waals surface area contributed by atoms with Gasteiger partial charge in [0.15, 0.2) is 5.78 Å². The summed E-state index contributed by atoms with van der Waals surface area (Å²) in [7, 11) is 0. The maximum absolute atomic E-state index is 11.0. The summed E-state index contributed by atoms with van der Waals surface area (Å²) in [4.78, 5) is 11.0. The molecule has 1 aliphatic rings. The number of benzene rings is 1. The number of hydrogen-bond donors (Lipinski definition) is 0. The number of Topliss-reactive ketones (excluding diaryl/α,β-unsaturated/α-hetero) is 1. The van der Waals surface area contributed by atoms with Gasteiger partial charge in [0.2, 0.25) is 0 Å². The zero-order valence-corrected chi connectivity index (χ0v) is 8.32. The molecule has 1 aliphatic carbocycles. The first-order valence-electron chi connectivity index (χ1n) is 4.96. The Labute approximate surface area is 83.9 Å². The van der Waals surface area contributed by atoms with E-state index < -0.39 is 0 Å². The van der Waals surface area contributed by atoms with Gasteiger partial charge in [-0.2, -0.15) is 0 Å². The van der Waals surface area contributed by atoms with E-state index in [1.165, 1.54) is 11.1 Å². The zero-order chi connectivity index (χ0) is 9.97. The fraction of sp³-hybridized carbons (Fsp3) is 0.417. The molecule has 0 aliphatic heterocycles. The summed E-state index contributed by atoms with van der Waals surface area (Å²) < 4.78 is 5.51. The number of carbonyl (C=O) groups is 1. The molecule has 0 bridgehead atoms. The molecular weight excluding hydrogens is 176 g/mol. The molecule has 0 amide bonds. The van der Waals surface area contributed by atoms with Crippen molar-refractivity contribution in [2.45, 2.75) is 32.5 Å². The van der Waals surface area contributed by atoms with E-state index in [9.17, 15) is 4.79 Å². The zero-order valence-electron chi connectivity index (χ0n) is 8.32. The van der Waals surface area contributed by atoms with Gasteiger partial charge >= 0.3 is 0 Å². The van der Waals surface area contributed by atoms with Gasteiger partial charge < -0.3 is 4.74 Å². The summed E-state index contributed by atoms with van der Waals surface area (Å²) >= 11 is 0. The van der Waals surface area contributed by atoms with Crippen LogP contribution in [0.1, 0.15) is 24.0 Å². The lowest BCUT2D eigenvalue weighted by Gasteiger charge is -2.24. The molecular formula is C12H14O2. The van der Waals surface area contributed by atoms with Crippen molar-refractivity contribution in [3.63, 3.8) is 0 Å². The number of hydrogen-bond acceptors (Lipinski definition) is 2. The smallest absolute Gasteiger partial charge is 0.161 e. The van der Waals surface area contributed by atoms with Crippen LogP contribution in [0.15, 0.2) is 24.3 Å². The van der Waals surface area contributed by atoms with Crippen LogP contribution >= 0.6 is 0 Å². The Morgan fingerprint density at radius 1 is 1.43 bits per heavy atom. The average Bonchev–Trinajstić information content (AvgIpc) is 2.19. The molecule has 1 aromatic rings. The van der Waals surface area contributed by atoms with Crippen molar-refractivity contribution in [2.24, 2.45) is 0 Å². The lowest BCUT2D eigenvalue weighted by Crippen LogP contribution is -2.34. The van der Waals surface area contributed by atoms with Crippen molar-refractivity contribution in [2.75, 3.05) is 0 Å². The Bertz CT molecular complexity index is 344. The number of carbonyl (C=O) groups excluding carboxylic acids is 1. The number of ether oxygens (including phenoxy) is 1. The molecule has 0 saturated heterocycles. The average molecular weight is 190 g/mol. The van der Waals surface area contributed by atoms with Crippen molar-refractivity contribution in [1.82, 2.24) is 0 Å². The number of aryl methyl sites for hydroxylation is 1. The van der Waals surface area contributed by atoms with Crippen LogP contribution in [0.4, 0.5) is 0 Å². The Hall–Kier alpha value is -1.15. The predicted octanol–water partition coefficient (Wildman–Crippen LogP) is 2.24. The second kappa shape index (κ2) is 3.93. The number of ketones is 1. The highest BCUT2D eigenvalue weighted by molar-refractivity contribution is 5.88. The van der Waals surface area contributed by atoms with Crippen LogP contribution in [0.25, 0.3) is 0 Å². The Morgan fingerprint density at radius 2 is 2.21 bits per heavy atom. The van der Waals surface area contributed by atoms with Crippen molar-refractivity contribution in [1.29, 1.82) is 0 Å². The summed E-state index contributed by atoms with van der Waals surface area (Å²) in [6.07, 6.45) is 1.46. The van der Waals surface area contributed by atoms with Gasteiger partial charge in [-0.1, -0.05) is 24.3 Å². The molecule has 0 radical (unpaired) electrons. The fourth-order valence-electron chi connectivity index (χ4n) is 1.52. The van der Waals surface area contributed by atoms with Gasteiger partial charge in [-0.25, -0.2) is 0 Å². The molecule has 0 spiro atoms. The summed E-state index contributed by atoms with van der Waals surface area (Å²) in [5.74, 6) is 0.249. The highest BCUT2D eigenvalue weighted by atomic mass is 16.5. The van der Waals surface area contributed by atoms with E-state index in [1.807, 2.05) is 18.2 Å². The summed E-state index contributed by atoms with van der Waals surface area (Å²) in [6.45, 7) is 2.62. The molecule has 0 aromatic heterocycles. The monoisotopic (exact) mass is 190 g/mol. The van der Waals surface area contributed by atoms with Gasteiger partial charge in [-0.15, -0.1) is 0 Å². The molecule has 0 heterocycles. The molecule has 74 valence electrons. The topological polar surface area (TPSA) is 26.3 Å². The van der Waals surface area contributed by atoms with Crippen LogP contribution in [0, 0.1) is 6.92 Å². The van der Waals surface area contributed by atoms with E-state index in [4.69, 9.17) is 4.74 Å². The summed E-state index contributed by atoms with van der Waals surface area (Å²) in [5, 5.41) is 0. The SMILES string of the molecule is Cc1ccccc1COC1CCC1=O. The Balaban J connectivity index is 1.91. The standard InChI is InChI=1S/C12H14O2/c1-9-4-2-3-5-10(9)8-14-12-7-6-11(12)13/h2-5,12H,6-8H2,1H3. The molecule has 1 unspecified atom stereocenters. The van der Waals surface area contributed by atoms with Crippen LogP contribution in [0.3, 0.4) is 0 Å². The first-order chi connectivity index (χ1) is 6.77. The van der Waals surface area contributed by atoms with Crippen molar-refractivity contribution in [3.8, 4) is 0 Å². The second-order valence-corrected chi connectivity index (χ2v) is 3.73. The normalized spacial score (nSPS) is 20.6. The fourth-order valence-corrected chi connectivity index (χ4v) is 1.52. The van der Waals surface area contributed by atoms with Crippen molar-refractivity contribution < 1.29 is 9.53 Å². The number of rotatable bonds is 3. The third-order valence-corrected chi connectivity index (χ3v) is 2.71. The van der Waals surface area contributed by atoms with Crippen LogP contribution < -0.4 is 0 Å². The third-order valence-electron chi connectivity index (χ3n) is 2.71. The van der Waals surface area contributed by atoms with Gasteiger partial charge in [0.1, 0.15) is 6.10 Å². The lowest BCUT2D eigenvalue weighted by molar-refractivity contribution is -0.141. The third kappa shape index (κ3) is 1.85. The summed E-state index contributed by atoms with van der Waals surface area (Å²) in [6, 6.07) is 8.10. The highest BCUT2D eigenvalue weighted by Crippen LogP contribution is 2.20. The van der Waals surface area contributed by atoms with E-state index in [1.54, 1.807) is 0 Å². The maximum Gasteiger partial charge on any atom is 0.161 e. The second-order valence-electron chi connectivity index (χ2n) is 3.73. The van der Waals surface area contributed by atoms with Crippen molar-refractivity contribution >= 4 is 5.78 Å². The first kappa shape index (κ1) is 9.41. The van der Waals surface area contributed by atoms with Gasteiger partial charge in [-0.05, 0) is 24.5 Å². The largest absolute Gasteiger partial charge is 0.366 e. The highest BCUT2D eigenvalue weighted by Gasteiger charge is 2.28. The minimum absolute atomic E-state index is 0.130. The molecule has 2 rings (SSSR count). The minimum atomic E-state index is -0.130. The Kier molecular flexibility index (Phi) is 2.64. The molecule has 2 heteroatoms. The van der Waals surface area contributed by atoms with E-state index in [-0.39, 0.29) is 11.9 Å². The molecule has 2 nitrogen and oxygen atoms in total. The summed E-state index contributed by atoms with van der Waals surface area (Å²) in [5.41, 5.74) is 2.39. The predicted molar refractivity (Wildman–Crippen MR) is 54.0 cm³/mol. The molecule has 14 heavy (non-hydrogen) atoms. The maximum atomic E-state index is 11.0. The molecule has 1 atom stereocenters. The van der Waals surface area contributed by atoms with Crippen LogP contribution in [0.5, 0.6) is 0 Å². The van der Waals surface area contributed by atoms with Crippen molar-refractivity contribution in [3.05, 3.63) is 35.4 Å². The van der Waals surface area contributed by atoms with Gasteiger partial charge in [0, 0.05) is 6.42 Å². The van der Waals surface area contributed by atoms with E-state index >= 15 is 0 Å². The Morgan fingerprint density at radius 3 is 2.79 bits per heavy atom. The van der Waals surface area contributed by atoms with E-state index in [0.717, 1.165) is 6.42 Å². The van der Waals surface area contributed by atoms with Gasteiger partial charge in [-0.3, -0.25) is 4.79 Å². The molecule has 1 saturated carbocycles. The first-order valence-corrected chi connectivity index (χ1v) is 4.96. The molecule has 1 aromatic carbocycles. The van der Waals surface area contributed by atoms with E-state index in [0.29, 0.717) is 13.0 Å². The lowest BCUT2D eigenvalue weighted by atomic mass is 9.94.